The first-order valence-corrected chi connectivity index (χ1v) is 11.3. The minimum atomic E-state index is 0.300. The lowest BCUT2D eigenvalue weighted by molar-refractivity contribution is 0.349. The van der Waals surface area contributed by atoms with Gasteiger partial charge in [0.25, 0.3) is 0 Å². The van der Waals surface area contributed by atoms with Gasteiger partial charge in [-0.25, -0.2) is 0 Å². The topological polar surface area (TPSA) is 24.1 Å². The third kappa shape index (κ3) is 3.41. The van der Waals surface area contributed by atoms with Crippen LogP contribution in [0, 0.1) is 5.92 Å². The SMILES string of the molecule is CCC[C@@H]1Nc2cc3ccccc3cc2[C@H](Nc2ccc3ccccc3c2)[C@@H]1CC. The van der Waals surface area contributed by atoms with Crippen LogP contribution in [0.1, 0.15) is 44.7 Å². The molecule has 0 fully saturated rings. The van der Waals surface area contributed by atoms with E-state index in [-0.39, 0.29) is 0 Å². The Morgan fingerprint density at radius 1 is 0.767 bits per heavy atom. The standard InChI is InChI=1S/C28H30N2/c1-3-9-26-24(4-2)28(29-23-15-14-19-10-5-6-11-20(19)16-23)25-17-21-12-7-8-13-22(21)18-27(25)30-26/h5-8,10-18,24,26,28-30H,3-4,9H2,1-2H3/t24-,26+,28-/m1/s1. The molecule has 5 rings (SSSR count). The molecule has 0 bridgehead atoms. The van der Waals surface area contributed by atoms with Crippen molar-refractivity contribution in [2.45, 2.75) is 45.2 Å². The van der Waals surface area contributed by atoms with E-state index >= 15 is 0 Å². The van der Waals surface area contributed by atoms with Gasteiger partial charge < -0.3 is 10.6 Å². The molecule has 0 spiro atoms. The van der Waals surface area contributed by atoms with Crippen molar-refractivity contribution in [1.29, 1.82) is 0 Å². The van der Waals surface area contributed by atoms with Crippen molar-refractivity contribution in [3.63, 3.8) is 0 Å². The molecule has 0 aromatic heterocycles. The van der Waals surface area contributed by atoms with E-state index in [1.165, 1.54) is 51.3 Å². The van der Waals surface area contributed by atoms with Crippen LogP contribution >= 0.6 is 0 Å². The molecule has 152 valence electrons. The zero-order valence-electron chi connectivity index (χ0n) is 17.9. The van der Waals surface area contributed by atoms with Gasteiger partial charge in [-0.15, -0.1) is 0 Å². The van der Waals surface area contributed by atoms with Crippen molar-refractivity contribution in [2.75, 3.05) is 10.6 Å². The minimum Gasteiger partial charge on any atom is -0.382 e. The number of anilines is 2. The first-order chi connectivity index (χ1) is 14.8. The van der Waals surface area contributed by atoms with Gasteiger partial charge in [0.1, 0.15) is 0 Å². The molecule has 3 atom stereocenters. The van der Waals surface area contributed by atoms with Gasteiger partial charge in [-0.05, 0) is 64.2 Å². The Hall–Kier alpha value is -3.00. The number of fused-ring (bicyclic) bond motifs is 3. The summed E-state index contributed by atoms with van der Waals surface area (Å²) in [5, 5.41) is 13.0. The molecule has 1 heterocycles. The minimum absolute atomic E-state index is 0.300. The predicted octanol–water partition coefficient (Wildman–Crippen LogP) is 7.77. The Bertz CT molecular complexity index is 1180. The van der Waals surface area contributed by atoms with Gasteiger partial charge in [-0.1, -0.05) is 74.9 Å². The lowest BCUT2D eigenvalue weighted by Crippen LogP contribution is -2.40. The molecule has 0 unspecified atom stereocenters. The first kappa shape index (κ1) is 19.0. The summed E-state index contributed by atoms with van der Waals surface area (Å²) in [7, 11) is 0. The third-order valence-electron chi connectivity index (χ3n) is 6.68. The highest BCUT2D eigenvalue weighted by Crippen LogP contribution is 2.43. The average molecular weight is 395 g/mol. The molecule has 1 aliphatic rings. The van der Waals surface area contributed by atoms with Crippen molar-refractivity contribution in [3.05, 3.63) is 84.4 Å². The molecular weight excluding hydrogens is 364 g/mol. The van der Waals surface area contributed by atoms with Gasteiger partial charge >= 0.3 is 0 Å². The number of rotatable bonds is 5. The summed E-state index contributed by atoms with van der Waals surface area (Å²) in [4.78, 5) is 0. The van der Waals surface area contributed by atoms with E-state index in [1.54, 1.807) is 0 Å². The Balaban J connectivity index is 1.60. The summed E-state index contributed by atoms with van der Waals surface area (Å²) in [6.07, 6.45) is 3.54. The fraction of sp³-hybridized carbons (Fsp3) is 0.286. The van der Waals surface area contributed by atoms with E-state index in [4.69, 9.17) is 0 Å². The van der Waals surface area contributed by atoms with Crippen LogP contribution in [0.4, 0.5) is 11.4 Å². The zero-order valence-corrected chi connectivity index (χ0v) is 17.9. The van der Waals surface area contributed by atoms with Gasteiger partial charge in [0, 0.05) is 23.3 Å². The van der Waals surface area contributed by atoms with E-state index in [9.17, 15) is 0 Å². The van der Waals surface area contributed by atoms with Crippen LogP contribution in [0.5, 0.6) is 0 Å². The summed E-state index contributed by atoms with van der Waals surface area (Å²) in [5.74, 6) is 0.546. The molecule has 0 amide bonds. The Labute approximate surface area is 179 Å². The second-order valence-electron chi connectivity index (χ2n) is 8.58. The quantitative estimate of drug-likeness (QED) is 0.361. The molecular formula is C28H30N2. The average Bonchev–Trinajstić information content (AvgIpc) is 2.78. The molecule has 0 saturated carbocycles. The van der Waals surface area contributed by atoms with E-state index < -0.39 is 0 Å². The summed E-state index contributed by atoms with van der Waals surface area (Å²) in [6, 6.07) is 29.6. The maximum Gasteiger partial charge on any atom is 0.0582 e. The Kier molecular flexibility index (Phi) is 5.08. The normalized spacial score (nSPS) is 20.7. The van der Waals surface area contributed by atoms with Gasteiger partial charge in [0.2, 0.25) is 0 Å². The molecule has 2 N–H and O–H groups in total. The lowest BCUT2D eigenvalue weighted by Gasteiger charge is -2.41. The fourth-order valence-corrected chi connectivity index (χ4v) is 5.17. The molecule has 0 aliphatic carbocycles. The highest BCUT2D eigenvalue weighted by molar-refractivity contribution is 5.89. The molecule has 2 nitrogen and oxygen atoms in total. The first-order valence-electron chi connectivity index (χ1n) is 11.3. The summed E-state index contributed by atoms with van der Waals surface area (Å²) in [6.45, 7) is 4.62. The second kappa shape index (κ2) is 8.02. The van der Waals surface area contributed by atoms with Crippen molar-refractivity contribution >= 4 is 32.9 Å². The van der Waals surface area contributed by atoms with Crippen LogP contribution in [-0.4, -0.2) is 6.04 Å². The molecule has 0 radical (unpaired) electrons. The fourth-order valence-electron chi connectivity index (χ4n) is 5.17. The predicted molar refractivity (Wildman–Crippen MR) is 130 cm³/mol. The highest BCUT2D eigenvalue weighted by atomic mass is 15.0. The summed E-state index contributed by atoms with van der Waals surface area (Å²) >= 11 is 0. The van der Waals surface area contributed by atoms with Crippen LogP contribution in [0.15, 0.2) is 78.9 Å². The van der Waals surface area contributed by atoms with E-state index in [0.29, 0.717) is 18.0 Å². The smallest absolute Gasteiger partial charge is 0.0582 e. The number of nitrogens with one attached hydrogen (secondary N) is 2. The number of hydrogen-bond acceptors (Lipinski definition) is 2. The lowest BCUT2D eigenvalue weighted by atomic mass is 9.78. The summed E-state index contributed by atoms with van der Waals surface area (Å²) < 4.78 is 0. The van der Waals surface area contributed by atoms with E-state index in [0.717, 1.165) is 6.42 Å². The van der Waals surface area contributed by atoms with Gasteiger partial charge in [-0.3, -0.25) is 0 Å². The van der Waals surface area contributed by atoms with E-state index in [2.05, 4.69) is 103 Å². The van der Waals surface area contributed by atoms with Crippen LogP contribution in [0.2, 0.25) is 0 Å². The Morgan fingerprint density at radius 2 is 1.43 bits per heavy atom. The van der Waals surface area contributed by atoms with Crippen LogP contribution in [0.3, 0.4) is 0 Å². The van der Waals surface area contributed by atoms with Crippen LogP contribution < -0.4 is 10.6 Å². The zero-order chi connectivity index (χ0) is 20.5. The second-order valence-corrected chi connectivity index (χ2v) is 8.58. The number of benzene rings is 4. The molecule has 4 aromatic carbocycles. The van der Waals surface area contributed by atoms with Crippen molar-refractivity contribution in [1.82, 2.24) is 0 Å². The van der Waals surface area contributed by atoms with Crippen LogP contribution in [-0.2, 0) is 0 Å². The highest BCUT2D eigenvalue weighted by Gasteiger charge is 2.35. The largest absolute Gasteiger partial charge is 0.382 e. The molecule has 2 heteroatoms. The maximum atomic E-state index is 3.94. The molecule has 30 heavy (non-hydrogen) atoms. The van der Waals surface area contributed by atoms with E-state index in [1.807, 2.05) is 0 Å². The monoisotopic (exact) mass is 394 g/mol. The van der Waals surface area contributed by atoms with Crippen molar-refractivity contribution in [2.24, 2.45) is 5.92 Å². The third-order valence-corrected chi connectivity index (χ3v) is 6.68. The van der Waals surface area contributed by atoms with Crippen molar-refractivity contribution < 1.29 is 0 Å². The summed E-state index contributed by atoms with van der Waals surface area (Å²) in [5.41, 5.74) is 3.88. The van der Waals surface area contributed by atoms with Gasteiger partial charge in [-0.2, -0.15) is 0 Å². The maximum absolute atomic E-state index is 3.94. The molecule has 0 saturated heterocycles. The van der Waals surface area contributed by atoms with Gasteiger partial charge in [0.15, 0.2) is 0 Å². The molecule has 4 aromatic rings. The van der Waals surface area contributed by atoms with Gasteiger partial charge in [0.05, 0.1) is 6.04 Å². The number of hydrogen-bond donors (Lipinski definition) is 2. The molecule has 1 aliphatic heterocycles. The van der Waals surface area contributed by atoms with Crippen molar-refractivity contribution in [3.8, 4) is 0 Å². The van der Waals surface area contributed by atoms with Crippen LogP contribution in [0.25, 0.3) is 21.5 Å². The Morgan fingerprint density at radius 3 is 2.13 bits per heavy atom.